The lowest BCUT2D eigenvalue weighted by atomic mass is 10.1. The Hall–Kier alpha value is -2.91. The highest BCUT2D eigenvalue weighted by Crippen LogP contribution is 2.18. The number of nitrogens with one attached hydrogen (secondary N) is 1. The maximum absolute atomic E-state index is 12.1. The van der Waals surface area contributed by atoms with E-state index in [1.54, 1.807) is 4.90 Å². The summed E-state index contributed by atoms with van der Waals surface area (Å²) in [6.07, 6.45) is 2.56. The number of piperidine rings is 1. The molecule has 10 heteroatoms. The topological polar surface area (TPSA) is 114 Å². The number of nitrogens with zero attached hydrogens (tertiary/aromatic N) is 4. The zero-order valence-electron chi connectivity index (χ0n) is 16.3. The standard InChI is InChI=1S/C18H25N5O5/c1-18(2,3)28-17(26)23-8-6-22(7-9-23)16-19-10-12(11-20-16)27-13-4-5-14(24)21-15(13)25/h10-11,13H,4-9H2,1-3H3,(H,21,24,25). The fourth-order valence-electron chi connectivity index (χ4n) is 2.90. The molecule has 10 nitrogen and oxygen atoms in total. The summed E-state index contributed by atoms with van der Waals surface area (Å²) in [6, 6.07) is 0. The second-order valence-corrected chi connectivity index (χ2v) is 7.73. The summed E-state index contributed by atoms with van der Waals surface area (Å²) in [4.78, 5) is 47.3. The number of amides is 3. The Morgan fingerprint density at radius 3 is 2.36 bits per heavy atom. The third kappa shape index (κ3) is 5.08. The predicted molar refractivity (Wildman–Crippen MR) is 98.9 cm³/mol. The zero-order valence-corrected chi connectivity index (χ0v) is 16.3. The van der Waals surface area contributed by atoms with E-state index in [0.717, 1.165) is 0 Å². The van der Waals surface area contributed by atoms with Gasteiger partial charge in [-0.1, -0.05) is 0 Å². The number of imide groups is 1. The van der Waals surface area contributed by atoms with Crippen molar-refractivity contribution < 1.29 is 23.9 Å². The van der Waals surface area contributed by atoms with Crippen LogP contribution >= 0.6 is 0 Å². The number of ether oxygens (including phenoxy) is 2. The number of hydrogen-bond acceptors (Lipinski definition) is 8. The minimum absolute atomic E-state index is 0.247. The smallest absolute Gasteiger partial charge is 0.410 e. The average molecular weight is 391 g/mol. The van der Waals surface area contributed by atoms with Gasteiger partial charge in [-0.3, -0.25) is 14.9 Å². The molecule has 1 unspecified atom stereocenters. The van der Waals surface area contributed by atoms with Crippen LogP contribution in [-0.2, 0) is 14.3 Å². The van der Waals surface area contributed by atoms with Crippen molar-refractivity contribution in [2.24, 2.45) is 0 Å². The molecule has 0 aromatic carbocycles. The van der Waals surface area contributed by atoms with Gasteiger partial charge in [-0.25, -0.2) is 14.8 Å². The van der Waals surface area contributed by atoms with E-state index in [1.807, 2.05) is 25.7 Å². The molecule has 3 rings (SSSR count). The normalized spacial score (nSPS) is 20.6. The fourth-order valence-corrected chi connectivity index (χ4v) is 2.90. The van der Waals surface area contributed by atoms with Gasteiger partial charge in [0, 0.05) is 39.0 Å². The van der Waals surface area contributed by atoms with Crippen LogP contribution in [0.5, 0.6) is 5.75 Å². The van der Waals surface area contributed by atoms with Crippen molar-refractivity contribution in [1.82, 2.24) is 20.2 Å². The van der Waals surface area contributed by atoms with E-state index in [2.05, 4.69) is 15.3 Å². The molecule has 0 aliphatic carbocycles. The van der Waals surface area contributed by atoms with Crippen molar-refractivity contribution in [2.75, 3.05) is 31.1 Å². The number of carbonyl (C=O) groups excluding carboxylic acids is 3. The van der Waals surface area contributed by atoms with Gasteiger partial charge in [0.1, 0.15) is 5.60 Å². The summed E-state index contributed by atoms with van der Waals surface area (Å²) < 4.78 is 11.0. The van der Waals surface area contributed by atoms with Crippen molar-refractivity contribution in [3.63, 3.8) is 0 Å². The first-order chi connectivity index (χ1) is 13.2. The van der Waals surface area contributed by atoms with E-state index < -0.39 is 17.6 Å². The maximum atomic E-state index is 12.1. The van der Waals surface area contributed by atoms with E-state index in [0.29, 0.717) is 44.3 Å². The van der Waals surface area contributed by atoms with E-state index in [4.69, 9.17) is 9.47 Å². The van der Waals surface area contributed by atoms with E-state index in [1.165, 1.54) is 12.4 Å². The lowest BCUT2D eigenvalue weighted by Gasteiger charge is -2.35. The van der Waals surface area contributed by atoms with Gasteiger partial charge < -0.3 is 19.3 Å². The summed E-state index contributed by atoms with van der Waals surface area (Å²) >= 11 is 0. The average Bonchev–Trinajstić information content (AvgIpc) is 2.63. The quantitative estimate of drug-likeness (QED) is 0.750. The van der Waals surface area contributed by atoms with Crippen LogP contribution in [0.15, 0.2) is 12.4 Å². The molecule has 1 aromatic heterocycles. The van der Waals surface area contributed by atoms with E-state index >= 15 is 0 Å². The highest BCUT2D eigenvalue weighted by atomic mass is 16.6. The van der Waals surface area contributed by atoms with Crippen LogP contribution in [0.3, 0.4) is 0 Å². The molecule has 0 saturated carbocycles. The second-order valence-electron chi connectivity index (χ2n) is 7.73. The number of aromatic nitrogens is 2. The van der Waals surface area contributed by atoms with Gasteiger partial charge in [0.15, 0.2) is 11.9 Å². The molecule has 0 spiro atoms. The monoisotopic (exact) mass is 391 g/mol. The van der Waals surface area contributed by atoms with Gasteiger partial charge in [-0.15, -0.1) is 0 Å². The summed E-state index contributed by atoms with van der Waals surface area (Å²) in [5.41, 5.74) is -0.518. The minimum atomic E-state index is -0.718. The van der Waals surface area contributed by atoms with Crippen molar-refractivity contribution in [3.8, 4) is 5.75 Å². The maximum Gasteiger partial charge on any atom is 0.410 e. The lowest BCUT2D eigenvalue weighted by Crippen LogP contribution is -2.50. The Morgan fingerprint density at radius 2 is 1.79 bits per heavy atom. The van der Waals surface area contributed by atoms with Crippen LogP contribution in [0.25, 0.3) is 0 Å². The van der Waals surface area contributed by atoms with Crippen LogP contribution in [0.1, 0.15) is 33.6 Å². The number of anilines is 1. The minimum Gasteiger partial charge on any atom is -0.477 e. The molecule has 152 valence electrons. The molecule has 0 bridgehead atoms. The van der Waals surface area contributed by atoms with Crippen LogP contribution in [0.4, 0.5) is 10.7 Å². The summed E-state index contributed by atoms with van der Waals surface area (Å²) in [7, 11) is 0. The summed E-state index contributed by atoms with van der Waals surface area (Å²) in [5.74, 6) is 0.158. The number of hydrogen-bond donors (Lipinski definition) is 1. The van der Waals surface area contributed by atoms with Crippen LogP contribution in [0.2, 0.25) is 0 Å². The van der Waals surface area contributed by atoms with Gasteiger partial charge in [-0.05, 0) is 20.8 Å². The third-order valence-corrected chi connectivity index (χ3v) is 4.30. The highest BCUT2D eigenvalue weighted by Gasteiger charge is 2.29. The van der Waals surface area contributed by atoms with Crippen molar-refractivity contribution >= 4 is 23.9 Å². The van der Waals surface area contributed by atoms with Gasteiger partial charge in [0.2, 0.25) is 11.9 Å². The Morgan fingerprint density at radius 1 is 1.14 bits per heavy atom. The van der Waals surface area contributed by atoms with Gasteiger partial charge in [-0.2, -0.15) is 0 Å². The Labute approximate surface area is 163 Å². The first kappa shape index (κ1) is 19.8. The summed E-state index contributed by atoms with van der Waals surface area (Å²) in [6.45, 7) is 7.74. The molecule has 1 atom stereocenters. The molecule has 1 N–H and O–H groups in total. The molecule has 28 heavy (non-hydrogen) atoms. The van der Waals surface area contributed by atoms with Crippen LogP contribution < -0.4 is 15.0 Å². The lowest BCUT2D eigenvalue weighted by molar-refractivity contribution is -0.138. The third-order valence-electron chi connectivity index (χ3n) is 4.30. The molecule has 0 radical (unpaired) electrons. The number of carbonyl (C=O) groups is 3. The molecule has 2 aliphatic rings. The Balaban J connectivity index is 1.51. The van der Waals surface area contributed by atoms with Gasteiger partial charge in [0.05, 0.1) is 12.4 Å². The van der Waals surface area contributed by atoms with Crippen molar-refractivity contribution in [2.45, 2.75) is 45.3 Å². The van der Waals surface area contributed by atoms with Crippen LogP contribution in [-0.4, -0.2) is 70.7 Å². The van der Waals surface area contributed by atoms with Crippen molar-refractivity contribution in [3.05, 3.63) is 12.4 Å². The first-order valence-electron chi connectivity index (χ1n) is 9.26. The number of rotatable bonds is 3. The molecular weight excluding hydrogens is 366 g/mol. The number of piperazine rings is 1. The largest absolute Gasteiger partial charge is 0.477 e. The molecule has 3 amide bonds. The van der Waals surface area contributed by atoms with Gasteiger partial charge in [0.25, 0.3) is 5.91 Å². The Kier molecular flexibility index (Phi) is 5.66. The zero-order chi connectivity index (χ0) is 20.3. The van der Waals surface area contributed by atoms with E-state index in [9.17, 15) is 14.4 Å². The first-order valence-corrected chi connectivity index (χ1v) is 9.26. The molecule has 1 aromatic rings. The molecule has 2 fully saturated rings. The molecular formula is C18H25N5O5. The van der Waals surface area contributed by atoms with Gasteiger partial charge >= 0.3 is 6.09 Å². The molecule has 3 heterocycles. The fraction of sp³-hybridized carbons (Fsp3) is 0.611. The second kappa shape index (κ2) is 7.99. The predicted octanol–water partition coefficient (Wildman–Crippen LogP) is 0.718. The Bertz CT molecular complexity index is 738. The molecule has 2 aliphatic heterocycles. The highest BCUT2D eigenvalue weighted by molar-refractivity contribution is 5.99. The SMILES string of the molecule is CC(C)(C)OC(=O)N1CCN(c2ncc(OC3CCC(=O)NC3=O)cn2)CC1. The van der Waals surface area contributed by atoms with Crippen LogP contribution in [0, 0.1) is 0 Å². The van der Waals surface area contributed by atoms with E-state index in [-0.39, 0.29) is 18.4 Å². The molecule has 2 saturated heterocycles. The summed E-state index contributed by atoms with van der Waals surface area (Å²) in [5, 5.41) is 2.25. The van der Waals surface area contributed by atoms with Crippen molar-refractivity contribution in [1.29, 1.82) is 0 Å².